The molecule has 3 heteroatoms. The molecule has 2 nitrogen and oxygen atoms in total. The molecule has 0 amide bonds. The Kier molecular flexibility index (Phi) is 2.42. The molecular formula is C9H14FNO. The molecule has 1 unspecified atom stereocenters. The van der Waals surface area contributed by atoms with E-state index >= 15 is 0 Å². The summed E-state index contributed by atoms with van der Waals surface area (Å²) in [5.41, 5.74) is 2.99. The molecule has 1 heterocycles. The van der Waals surface area contributed by atoms with Gasteiger partial charge in [-0.25, -0.2) is 4.39 Å². The first kappa shape index (κ1) is 8.20. The lowest BCUT2D eigenvalue weighted by molar-refractivity contribution is 0.0758. The first-order valence-electron chi connectivity index (χ1n) is 4.58. The van der Waals surface area contributed by atoms with Crippen LogP contribution < -0.4 is 5.48 Å². The van der Waals surface area contributed by atoms with E-state index in [-0.39, 0.29) is 5.83 Å². The maximum atomic E-state index is 12.7. The summed E-state index contributed by atoms with van der Waals surface area (Å²) in [6.45, 7) is 0.799. The van der Waals surface area contributed by atoms with E-state index in [0.29, 0.717) is 18.4 Å². The van der Waals surface area contributed by atoms with Crippen molar-refractivity contribution < 1.29 is 9.23 Å². The first-order valence-corrected chi connectivity index (χ1v) is 4.58. The third-order valence-corrected chi connectivity index (χ3v) is 2.73. The van der Waals surface area contributed by atoms with E-state index < -0.39 is 0 Å². The van der Waals surface area contributed by atoms with Gasteiger partial charge in [-0.05, 0) is 31.6 Å². The van der Waals surface area contributed by atoms with Crippen molar-refractivity contribution in [3.05, 3.63) is 11.9 Å². The number of allylic oxidation sites excluding steroid dienone is 2. The van der Waals surface area contributed by atoms with Gasteiger partial charge in [0.1, 0.15) is 0 Å². The van der Waals surface area contributed by atoms with Crippen molar-refractivity contribution in [2.24, 2.45) is 5.92 Å². The van der Waals surface area contributed by atoms with Gasteiger partial charge in [-0.2, -0.15) is 5.48 Å². The Morgan fingerprint density at radius 1 is 1.50 bits per heavy atom. The topological polar surface area (TPSA) is 21.3 Å². The smallest absolute Gasteiger partial charge is 0.0960 e. The molecule has 1 saturated heterocycles. The van der Waals surface area contributed by atoms with Gasteiger partial charge in [0.05, 0.1) is 12.4 Å². The van der Waals surface area contributed by atoms with Crippen molar-refractivity contribution in [3.8, 4) is 0 Å². The summed E-state index contributed by atoms with van der Waals surface area (Å²) in [5, 5.41) is 0. The molecule has 2 aliphatic rings. The summed E-state index contributed by atoms with van der Waals surface area (Å²) in [6, 6.07) is 0.453. The molecule has 0 aromatic heterocycles. The molecule has 2 atom stereocenters. The molecule has 12 heavy (non-hydrogen) atoms. The van der Waals surface area contributed by atoms with Gasteiger partial charge in [0.15, 0.2) is 0 Å². The Labute approximate surface area is 71.7 Å². The third kappa shape index (κ3) is 1.67. The fraction of sp³-hybridized carbons (Fsp3) is 0.778. The maximum absolute atomic E-state index is 12.7. The first-order chi connectivity index (χ1) is 5.86. The van der Waals surface area contributed by atoms with Gasteiger partial charge in [-0.3, -0.25) is 0 Å². The molecule has 0 aromatic rings. The number of nitrogens with one attached hydrogen (secondary N) is 1. The molecule has 1 N–H and O–H groups in total. The molecule has 0 spiro atoms. The van der Waals surface area contributed by atoms with Crippen molar-refractivity contribution in [2.45, 2.75) is 31.7 Å². The molecule has 0 aromatic carbocycles. The van der Waals surface area contributed by atoms with E-state index in [0.717, 1.165) is 25.9 Å². The third-order valence-electron chi connectivity index (χ3n) is 2.73. The highest BCUT2D eigenvalue weighted by Crippen LogP contribution is 2.29. The van der Waals surface area contributed by atoms with Crippen molar-refractivity contribution in [1.29, 1.82) is 0 Å². The molecule has 0 saturated carbocycles. The predicted octanol–water partition coefficient (Wildman–Crippen LogP) is 1.93. The monoisotopic (exact) mass is 171 g/mol. The second-order valence-electron chi connectivity index (χ2n) is 3.55. The minimum absolute atomic E-state index is 0.0603. The zero-order chi connectivity index (χ0) is 8.39. The average Bonchev–Trinajstić information content (AvgIpc) is 2.58. The van der Waals surface area contributed by atoms with E-state index in [1.165, 1.54) is 0 Å². The molecule has 1 aliphatic heterocycles. The Bertz CT molecular complexity index is 187. The maximum Gasteiger partial charge on any atom is 0.0960 e. The van der Waals surface area contributed by atoms with Crippen LogP contribution >= 0.6 is 0 Å². The van der Waals surface area contributed by atoms with Crippen LogP contribution in [0.5, 0.6) is 0 Å². The Hall–Kier alpha value is -0.410. The van der Waals surface area contributed by atoms with E-state index in [2.05, 4.69) is 5.48 Å². The number of hydroxylamine groups is 1. The minimum atomic E-state index is 0.0603. The summed E-state index contributed by atoms with van der Waals surface area (Å²) in [4.78, 5) is 5.07. The van der Waals surface area contributed by atoms with Crippen LogP contribution in [0, 0.1) is 5.92 Å². The van der Waals surface area contributed by atoms with Crippen molar-refractivity contribution in [1.82, 2.24) is 5.48 Å². The highest BCUT2D eigenvalue weighted by Gasteiger charge is 2.26. The SMILES string of the molecule is FC1=CCC([C@H]2CCON2)CC1. The van der Waals surface area contributed by atoms with Crippen LogP contribution in [0.2, 0.25) is 0 Å². The molecule has 68 valence electrons. The van der Waals surface area contributed by atoms with Gasteiger partial charge < -0.3 is 4.84 Å². The highest BCUT2D eigenvalue weighted by atomic mass is 19.1. The van der Waals surface area contributed by atoms with Crippen LogP contribution in [0.3, 0.4) is 0 Å². The van der Waals surface area contributed by atoms with Crippen molar-refractivity contribution in [2.75, 3.05) is 6.61 Å². The van der Waals surface area contributed by atoms with Crippen LogP contribution in [-0.4, -0.2) is 12.6 Å². The fourth-order valence-corrected chi connectivity index (χ4v) is 1.93. The Balaban J connectivity index is 1.89. The molecule has 2 rings (SSSR count). The highest BCUT2D eigenvalue weighted by molar-refractivity contribution is 5.00. The van der Waals surface area contributed by atoms with Gasteiger partial charge in [0.25, 0.3) is 0 Å². The normalized spacial score (nSPS) is 36.6. The molecule has 0 bridgehead atoms. The van der Waals surface area contributed by atoms with Crippen LogP contribution in [-0.2, 0) is 4.84 Å². The molecule has 1 fully saturated rings. The van der Waals surface area contributed by atoms with E-state index in [4.69, 9.17) is 4.84 Å². The lowest BCUT2D eigenvalue weighted by Gasteiger charge is -2.23. The van der Waals surface area contributed by atoms with Crippen molar-refractivity contribution >= 4 is 0 Å². The number of halogens is 1. The number of hydrogen-bond donors (Lipinski definition) is 1. The van der Waals surface area contributed by atoms with Crippen LogP contribution in [0.4, 0.5) is 4.39 Å². The van der Waals surface area contributed by atoms with Crippen molar-refractivity contribution in [3.63, 3.8) is 0 Å². The zero-order valence-electron chi connectivity index (χ0n) is 7.05. The number of rotatable bonds is 1. The summed E-state index contributed by atoms with van der Waals surface area (Å²) >= 11 is 0. The van der Waals surface area contributed by atoms with Gasteiger partial charge in [-0.1, -0.05) is 6.08 Å². The zero-order valence-corrected chi connectivity index (χ0v) is 7.05. The Morgan fingerprint density at radius 3 is 3.00 bits per heavy atom. The molecule has 0 radical (unpaired) electrons. The average molecular weight is 171 g/mol. The lowest BCUT2D eigenvalue weighted by atomic mass is 9.86. The summed E-state index contributed by atoms with van der Waals surface area (Å²) < 4.78 is 12.7. The molecular weight excluding hydrogens is 157 g/mol. The van der Waals surface area contributed by atoms with E-state index in [9.17, 15) is 4.39 Å². The van der Waals surface area contributed by atoms with Crippen LogP contribution in [0.25, 0.3) is 0 Å². The lowest BCUT2D eigenvalue weighted by Crippen LogP contribution is -2.30. The summed E-state index contributed by atoms with van der Waals surface area (Å²) in [6.07, 6.45) is 5.23. The van der Waals surface area contributed by atoms with E-state index in [1.54, 1.807) is 6.08 Å². The van der Waals surface area contributed by atoms with Crippen LogP contribution in [0.1, 0.15) is 25.7 Å². The second-order valence-corrected chi connectivity index (χ2v) is 3.55. The minimum Gasteiger partial charge on any atom is -0.301 e. The quantitative estimate of drug-likeness (QED) is 0.651. The standard InChI is InChI=1S/C9H14FNO/c10-8-3-1-7(2-4-8)9-5-6-12-11-9/h3,7,9,11H,1-2,4-6H2/t7?,9-/m1/s1. The Morgan fingerprint density at radius 2 is 2.42 bits per heavy atom. The van der Waals surface area contributed by atoms with Crippen LogP contribution in [0.15, 0.2) is 11.9 Å². The summed E-state index contributed by atoms with van der Waals surface area (Å²) in [7, 11) is 0. The van der Waals surface area contributed by atoms with Gasteiger partial charge in [0, 0.05) is 6.04 Å². The largest absolute Gasteiger partial charge is 0.301 e. The summed E-state index contributed by atoms with van der Waals surface area (Å²) in [5.74, 6) is 0.636. The van der Waals surface area contributed by atoms with Gasteiger partial charge >= 0.3 is 0 Å². The van der Waals surface area contributed by atoms with Gasteiger partial charge in [0.2, 0.25) is 0 Å². The second kappa shape index (κ2) is 3.54. The fourth-order valence-electron chi connectivity index (χ4n) is 1.93. The number of hydrogen-bond acceptors (Lipinski definition) is 2. The molecule has 1 aliphatic carbocycles. The van der Waals surface area contributed by atoms with E-state index in [1.807, 2.05) is 0 Å². The van der Waals surface area contributed by atoms with Gasteiger partial charge in [-0.15, -0.1) is 0 Å². The predicted molar refractivity (Wildman–Crippen MR) is 44.0 cm³/mol.